The molecule has 0 saturated heterocycles. The molecule has 6 nitrogen and oxygen atoms in total. The van der Waals surface area contributed by atoms with Crippen LogP contribution in [0.5, 0.6) is 11.5 Å². The first kappa shape index (κ1) is 19.7. The summed E-state index contributed by atoms with van der Waals surface area (Å²) in [5, 5.41) is 0.791. The number of ether oxygens (including phenoxy) is 3. The molecule has 144 valence electrons. The molecule has 0 N–H and O–H groups in total. The zero-order valence-corrected chi connectivity index (χ0v) is 16.8. The normalized spacial score (nSPS) is 11.0. The third-order valence-electron chi connectivity index (χ3n) is 3.98. The standard InChI is InChI=1S/C21H17BrO6/c1-25-19-9-13(4-8-20(23)26-2)3-7-17(19)27-12-14-10-21(24)28-18-11-15(22)5-6-16(14)18/h3-11H,12H2,1-2H3/b8-4+. The van der Waals surface area contributed by atoms with Crippen molar-refractivity contribution in [2.75, 3.05) is 14.2 Å². The lowest BCUT2D eigenvalue weighted by atomic mass is 10.1. The minimum absolute atomic E-state index is 0.164. The van der Waals surface area contributed by atoms with Gasteiger partial charge in [0.25, 0.3) is 0 Å². The second kappa shape index (κ2) is 8.75. The summed E-state index contributed by atoms with van der Waals surface area (Å²) in [6.45, 7) is 0.164. The van der Waals surface area contributed by atoms with Gasteiger partial charge < -0.3 is 18.6 Å². The van der Waals surface area contributed by atoms with Gasteiger partial charge in [0.2, 0.25) is 0 Å². The Balaban J connectivity index is 1.85. The maximum atomic E-state index is 11.8. The van der Waals surface area contributed by atoms with Crippen LogP contribution in [-0.2, 0) is 16.1 Å². The van der Waals surface area contributed by atoms with Crippen molar-refractivity contribution in [3.05, 3.63) is 74.6 Å². The third kappa shape index (κ3) is 4.61. The van der Waals surface area contributed by atoms with E-state index in [1.54, 1.807) is 30.3 Å². The largest absolute Gasteiger partial charge is 0.493 e. The van der Waals surface area contributed by atoms with E-state index in [2.05, 4.69) is 20.7 Å². The highest BCUT2D eigenvalue weighted by molar-refractivity contribution is 9.10. The van der Waals surface area contributed by atoms with Crippen molar-refractivity contribution in [3.63, 3.8) is 0 Å². The summed E-state index contributed by atoms with van der Waals surface area (Å²) in [5.74, 6) is 0.568. The van der Waals surface area contributed by atoms with Crippen LogP contribution in [0.2, 0.25) is 0 Å². The first-order chi connectivity index (χ1) is 13.5. The molecule has 7 heteroatoms. The first-order valence-electron chi connectivity index (χ1n) is 8.29. The van der Waals surface area contributed by atoms with E-state index in [-0.39, 0.29) is 6.61 Å². The smallest absolute Gasteiger partial charge is 0.336 e. The number of rotatable bonds is 6. The molecule has 0 bridgehead atoms. The van der Waals surface area contributed by atoms with Crippen LogP contribution in [0, 0.1) is 0 Å². The number of hydrogen-bond acceptors (Lipinski definition) is 6. The van der Waals surface area contributed by atoms with Gasteiger partial charge >= 0.3 is 11.6 Å². The molecular formula is C21H17BrO6. The van der Waals surface area contributed by atoms with E-state index < -0.39 is 11.6 Å². The molecule has 0 atom stereocenters. The molecule has 0 unspecified atom stereocenters. The molecule has 1 aromatic heterocycles. The summed E-state index contributed by atoms with van der Waals surface area (Å²) in [5.41, 5.74) is 1.50. The summed E-state index contributed by atoms with van der Waals surface area (Å²) in [7, 11) is 2.84. The van der Waals surface area contributed by atoms with Crippen molar-refractivity contribution in [2.24, 2.45) is 0 Å². The molecule has 0 aliphatic rings. The number of halogens is 1. The van der Waals surface area contributed by atoms with Crippen LogP contribution < -0.4 is 15.1 Å². The van der Waals surface area contributed by atoms with Crippen LogP contribution in [-0.4, -0.2) is 20.2 Å². The zero-order chi connectivity index (χ0) is 20.1. The van der Waals surface area contributed by atoms with Crippen LogP contribution in [0.4, 0.5) is 0 Å². The molecule has 0 aliphatic carbocycles. The first-order valence-corrected chi connectivity index (χ1v) is 9.08. The van der Waals surface area contributed by atoms with E-state index in [1.165, 1.54) is 26.4 Å². The van der Waals surface area contributed by atoms with Crippen LogP contribution in [0.3, 0.4) is 0 Å². The van der Waals surface area contributed by atoms with E-state index in [0.717, 1.165) is 15.4 Å². The molecular weight excluding hydrogens is 428 g/mol. The fourth-order valence-corrected chi connectivity index (χ4v) is 2.96. The number of hydrogen-bond donors (Lipinski definition) is 0. The summed E-state index contributed by atoms with van der Waals surface area (Å²) >= 11 is 3.36. The molecule has 3 aromatic rings. The minimum atomic E-state index is -0.445. The summed E-state index contributed by atoms with van der Waals surface area (Å²) in [6.07, 6.45) is 2.94. The third-order valence-corrected chi connectivity index (χ3v) is 4.47. The van der Waals surface area contributed by atoms with Gasteiger partial charge in [-0.3, -0.25) is 0 Å². The topological polar surface area (TPSA) is 75.0 Å². The Bertz CT molecular complexity index is 1100. The van der Waals surface area contributed by atoms with Gasteiger partial charge in [-0.15, -0.1) is 0 Å². The number of fused-ring (bicyclic) bond motifs is 1. The maximum Gasteiger partial charge on any atom is 0.336 e. The summed E-state index contributed by atoms with van der Waals surface area (Å²) < 4.78 is 21.9. The quantitative estimate of drug-likeness (QED) is 0.320. The van der Waals surface area contributed by atoms with Gasteiger partial charge in [0.05, 0.1) is 14.2 Å². The average molecular weight is 445 g/mol. The molecule has 28 heavy (non-hydrogen) atoms. The molecule has 2 aromatic carbocycles. The van der Waals surface area contributed by atoms with Crippen molar-refractivity contribution in [2.45, 2.75) is 6.61 Å². The lowest BCUT2D eigenvalue weighted by Crippen LogP contribution is -2.04. The fraction of sp³-hybridized carbons (Fsp3) is 0.143. The van der Waals surface area contributed by atoms with E-state index in [0.29, 0.717) is 22.6 Å². The Morgan fingerprint density at radius 2 is 1.93 bits per heavy atom. The highest BCUT2D eigenvalue weighted by Gasteiger charge is 2.10. The molecule has 1 heterocycles. The Morgan fingerprint density at radius 1 is 1.11 bits per heavy atom. The molecule has 0 spiro atoms. The van der Waals surface area contributed by atoms with Crippen molar-refractivity contribution in [1.29, 1.82) is 0 Å². The molecule has 0 saturated carbocycles. The predicted molar refractivity (Wildman–Crippen MR) is 109 cm³/mol. The van der Waals surface area contributed by atoms with E-state index in [9.17, 15) is 9.59 Å². The summed E-state index contributed by atoms with van der Waals surface area (Å²) in [6, 6.07) is 12.1. The zero-order valence-electron chi connectivity index (χ0n) is 15.2. The lowest BCUT2D eigenvalue weighted by molar-refractivity contribution is -0.134. The Labute approximate surface area is 169 Å². The number of esters is 1. The maximum absolute atomic E-state index is 11.8. The van der Waals surface area contributed by atoms with Crippen LogP contribution in [0.1, 0.15) is 11.1 Å². The van der Waals surface area contributed by atoms with Crippen LogP contribution in [0.25, 0.3) is 17.0 Å². The van der Waals surface area contributed by atoms with Crippen molar-refractivity contribution < 1.29 is 23.4 Å². The number of methoxy groups -OCH3 is 2. The van der Waals surface area contributed by atoms with Crippen molar-refractivity contribution in [1.82, 2.24) is 0 Å². The number of benzene rings is 2. The molecule has 3 rings (SSSR count). The predicted octanol–water partition coefficient (Wildman–Crippen LogP) is 4.33. The summed E-state index contributed by atoms with van der Waals surface area (Å²) in [4.78, 5) is 23.1. The number of carbonyl (C=O) groups excluding carboxylic acids is 1. The monoisotopic (exact) mass is 444 g/mol. The Kier molecular flexibility index (Phi) is 6.16. The van der Waals surface area contributed by atoms with Gasteiger partial charge in [0.15, 0.2) is 11.5 Å². The number of carbonyl (C=O) groups is 1. The Morgan fingerprint density at radius 3 is 2.68 bits per heavy atom. The average Bonchev–Trinajstić information content (AvgIpc) is 2.69. The van der Waals surface area contributed by atoms with Gasteiger partial charge in [-0.25, -0.2) is 9.59 Å². The van der Waals surface area contributed by atoms with Gasteiger partial charge in [-0.2, -0.15) is 0 Å². The minimum Gasteiger partial charge on any atom is -0.493 e. The van der Waals surface area contributed by atoms with Gasteiger partial charge in [-0.05, 0) is 42.0 Å². The fourth-order valence-electron chi connectivity index (χ4n) is 2.62. The molecule has 0 amide bonds. The van der Waals surface area contributed by atoms with E-state index in [4.69, 9.17) is 13.9 Å². The molecule has 0 fully saturated rings. The SMILES string of the molecule is COC(=O)/C=C/c1ccc(OCc2cc(=O)oc3cc(Br)ccc23)c(OC)c1. The van der Waals surface area contributed by atoms with Gasteiger partial charge in [0, 0.05) is 27.6 Å². The Hall–Kier alpha value is -3.06. The van der Waals surface area contributed by atoms with E-state index in [1.807, 2.05) is 12.1 Å². The molecule has 0 aliphatic heterocycles. The van der Waals surface area contributed by atoms with E-state index >= 15 is 0 Å². The highest BCUT2D eigenvalue weighted by atomic mass is 79.9. The van der Waals surface area contributed by atoms with Crippen LogP contribution in [0.15, 0.2) is 62.2 Å². The van der Waals surface area contributed by atoms with Crippen molar-refractivity contribution in [3.8, 4) is 11.5 Å². The second-order valence-electron chi connectivity index (χ2n) is 5.79. The van der Waals surface area contributed by atoms with Gasteiger partial charge in [0.1, 0.15) is 12.2 Å². The second-order valence-corrected chi connectivity index (χ2v) is 6.70. The van der Waals surface area contributed by atoms with Crippen molar-refractivity contribution >= 4 is 38.9 Å². The molecule has 0 radical (unpaired) electrons. The van der Waals surface area contributed by atoms with Gasteiger partial charge in [-0.1, -0.05) is 22.0 Å². The van der Waals surface area contributed by atoms with Crippen LogP contribution >= 0.6 is 15.9 Å². The lowest BCUT2D eigenvalue weighted by Gasteiger charge is -2.12. The highest BCUT2D eigenvalue weighted by Crippen LogP contribution is 2.30.